The summed E-state index contributed by atoms with van der Waals surface area (Å²) in [4.78, 5) is 26.7. The molecule has 0 unspecified atom stereocenters. The lowest BCUT2D eigenvalue weighted by molar-refractivity contribution is 0.0951. The van der Waals surface area contributed by atoms with E-state index in [0.29, 0.717) is 28.7 Å². The van der Waals surface area contributed by atoms with Crippen LogP contribution < -0.4 is 15.1 Å². The van der Waals surface area contributed by atoms with E-state index in [9.17, 15) is 9.18 Å². The fourth-order valence-corrected chi connectivity index (χ4v) is 5.49. The number of para-hydroxylation sites is 1. The van der Waals surface area contributed by atoms with E-state index < -0.39 is 0 Å². The number of carbonyl (C=O) groups excluding carboxylic acids is 1. The highest BCUT2D eigenvalue weighted by molar-refractivity contribution is 7.98. The Morgan fingerprint density at radius 1 is 0.872 bits per heavy atom. The Morgan fingerprint density at radius 2 is 1.56 bits per heavy atom. The highest BCUT2D eigenvalue weighted by Crippen LogP contribution is 2.28. The number of anilines is 2. The summed E-state index contributed by atoms with van der Waals surface area (Å²) < 4.78 is 14.3. The van der Waals surface area contributed by atoms with Crippen molar-refractivity contribution in [2.45, 2.75) is 31.3 Å². The Labute approximate surface area is 233 Å². The van der Waals surface area contributed by atoms with Gasteiger partial charge in [-0.3, -0.25) is 4.79 Å². The molecule has 2 heterocycles. The minimum absolute atomic E-state index is 0.0926. The molecule has 0 saturated carbocycles. The first kappa shape index (κ1) is 26.7. The molecule has 200 valence electrons. The van der Waals surface area contributed by atoms with Crippen LogP contribution in [0.4, 0.5) is 15.9 Å². The first-order valence-corrected chi connectivity index (χ1v) is 14.1. The Kier molecular flexibility index (Phi) is 8.42. The van der Waals surface area contributed by atoms with Gasteiger partial charge in [0.2, 0.25) is 0 Å². The molecular weight excluding hydrogens is 509 g/mol. The maximum Gasteiger partial charge on any atom is 0.251 e. The van der Waals surface area contributed by atoms with E-state index in [-0.39, 0.29) is 11.7 Å². The van der Waals surface area contributed by atoms with Crippen LogP contribution in [0.15, 0.2) is 84.0 Å². The monoisotopic (exact) mass is 541 g/mol. The van der Waals surface area contributed by atoms with Crippen molar-refractivity contribution in [2.24, 2.45) is 0 Å². The molecule has 3 aromatic carbocycles. The number of nitrogens with zero attached hydrogens (tertiary/aromatic N) is 4. The SMILES string of the molecule is Cc1nc(SCc2cccc(C(=O)NCc3ccccc3)c2)nc(N2CCN(c3ccccc3F)CC2)c1C. The number of nitrogens with one attached hydrogen (secondary N) is 1. The van der Waals surface area contributed by atoms with Crippen molar-refractivity contribution in [3.05, 3.63) is 113 Å². The van der Waals surface area contributed by atoms with Crippen molar-refractivity contribution in [2.75, 3.05) is 36.0 Å². The molecule has 39 heavy (non-hydrogen) atoms. The van der Waals surface area contributed by atoms with Crippen molar-refractivity contribution >= 4 is 29.2 Å². The van der Waals surface area contributed by atoms with E-state index in [1.807, 2.05) is 73.7 Å². The third-order valence-corrected chi connectivity index (χ3v) is 7.89. The minimum atomic E-state index is -0.184. The summed E-state index contributed by atoms with van der Waals surface area (Å²) >= 11 is 1.56. The maximum absolute atomic E-state index is 14.3. The number of carbonyl (C=O) groups is 1. The van der Waals surface area contributed by atoms with Gasteiger partial charge in [-0.1, -0.05) is 66.4 Å². The van der Waals surface area contributed by atoms with E-state index >= 15 is 0 Å². The Hall–Kier alpha value is -3.91. The molecule has 5 rings (SSSR count). The third-order valence-electron chi connectivity index (χ3n) is 6.97. The number of aryl methyl sites for hydroxylation is 1. The molecule has 0 spiro atoms. The third kappa shape index (κ3) is 6.57. The van der Waals surface area contributed by atoms with Crippen LogP contribution in [0, 0.1) is 19.7 Å². The molecular formula is C31H32FN5OS. The van der Waals surface area contributed by atoms with Crippen LogP contribution >= 0.6 is 11.8 Å². The molecule has 0 bridgehead atoms. The van der Waals surface area contributed by atoms with Crippen LogP contribution in [0.5, 0.6) is 0 Å². The molecule has 0 aliphatic carbocycles. The number of halogens is 1. The highest BCUT2D eigenvalue weighted by Gasteiger charge is 2.23. The van der Waals surface area contributed by atoms with Gasteiger partial charge >= 0.3 is 0 Å². The smallest absolute Gasteiger partial charge is 0.251 e. The summed E-state index contributed by atoms with van der Waals surface area (Å²) in [7, 11) is 0. The summed E-state index contributed by atoms with van der Waals surface area (Å²) in [5.74, 6) is 1.32. The van der Waals surface area contributed by atoms with Crippen molar-refractivity contribution in [1.82, 2.24) is 15.3 Å². The molecule has 1 aliphatic heterocycles. The van der Waals surface area contributed by atoms with Gasteiger partial charge in [-0.25, -0.2) is 14.4 Å². The van der Waals surface area contributed by atoms with Crippen LogP contribution in [-0.4, -0.2) is 42.1 Å². The zero-order chi connectivity index (χ0) is 27.2. The molecule has 1 aliphatic rings. The van der Waals surface area contributed by atoms with Gasteiger partial charge in [-0.15, -0.1) is 0 Å². The van der Waals surface area contributed by atoms with E-state index in [1.165, 1.54) is 6.07 Å². The summed E-state index contributed by atoms with van der Waals surface area (Å²) in [6.45, 7) is 7.53. The molecule has 1 amide bonds. The van der Waals surface area contributed by atoms with Crippen LogP contribution in [0.3, 0.4) is 0 Å². The standard InChI is InChI=1S/C31H32FN5OS/c1-22-23(2)34-31(35-29(22)37-17-15-36(16-18-37)28-14-7-6-13-27(28)32)39-21-25-11-8-12-26(19-25)30(38)33-20-24-9-4-3-5-10-24/h3-14,19H,15-18,20-21H2,1-2H3,(H,33,38). The number of hydrogen-bond donors (Lipinski definition) is 1. The Morgan fingerprint density at radius 3 is 2.33 bits per heavy atom. The summed E-state index contributed by atoms with van der Waals surface area (Å²) in [5, 5.41) is 3.70. The van der Waals surface area contributed by atoms with Gasteiger partial charge in [0.25, 0.3) is 5.91 Å². The second kappa shape index (κ2) is 12.3. The topological polar surface area (TPSA) is 61.4 Å². The normalized spacial score (nSPS) is 13.4. The predicted molar refractivity (Wildman–Crippen MR) is 156 cm³/mol. The quantitative estimate of drug-likeness (QED) is 0.225. The number of rotatable bonds is 8. The van der Waals surface area contributed by atoms with Crippen molar-refractivity contribution < 1.29 is 9.18 Å². The van der Waals surface area contributed by atoms with Gasteiger partial charge in [0.15, 0.2) is 5.16 Å². The number of aromatic nitrogens is 2. The van der Waals surface area contributed by atoms with Crippen LogP contribution in [0.25, 0.3) is 0 Å². The Bertz CT molecular complexity index is 1440. The van der Waals surface area contributed by atoms with E-state index in [1.54, 1.807) is 17.8 Å². The van der Waals surface area contributed by atoms with Crippen molar-refractivity contribution in [1.29, 1.82) is 0 Å². The second-order valence-electron chi connectivity index (χ2n) is 9.62. The molecule has 4 aromatic rings. The molecule has 1 aromatic heterocycles. The fraction of sp³-hybridized carbons (Fsp3) is 0.258. The number of thioether (sulfide) groups is 1. The van der Waals surface area contributed by atoms with Gasteiger partial charge < -0.3 is 15.1 Å². The minimum Gasteiger partial charge on any atom is -0.366 e. The summed E-state index contributed by atoms with van der Waals surface area (Å²) in [6, 6.07) is 24.5. The predicted octanol–water partition coefficient (Wildman–Crippen LogP) is 5.78. The average Bonchev–Trinajstić information content (AvgIpc) is 2.97. The lowest BCUT2D eigenvalue weighted by Crippen LogP contribution is -2.47. The first-order valence-electron chi connectivity index (χ1n) is 13.1. The van der Waals surface area contributed by atoms with Gasteiger partial charge in [0, 0.05) is 55.3 Å². The summed E-state index contributed by atoms with van der Waals surface area (Å²) in [5.41, 5.74) is 5.41. The number of hydrogen-bond acceptors (Lipinski definition) is 6. The Balaban J connectivity index is 1.22. The molecule has 0 radical (unpaired) electrons. The van der Waals surface area contributed by atoms with E-state index in [2.05, 4.69) is 22.0 Å². The maximum atomic E-state index is 14.3. The van der Waals surface area contributed by atoms with Crippen molar-refractivity contribution in [3.63, 3.8) is 0 Å². The molecule has 0 atom stereocenters. The molecule has 1 fully saturated rings. The second-order valence-corrected chi connectivity index (χ2v) is 10.6. The van der Waals surface area contributed by atoms with Crippen LogP contribution in [-0.2, 0) is 12.3 Å². The molecule has 8 heteroatoms. The highest BCUT2D eigenvalue weighted by atomic mass is 32.2. The van der Waals surface area contributed by atoms with Crippen LogP contribution in [0.1, 0.15) is 32.7 Å². The number of benzene rings is 3. The van der Waals surface area contributed by atoms with Gasteiger partial charge in [0.1, 0.15) is 11.6 Å². The van der Waals surface area contributed by atoms with E-state index in [0.717, 1.165) is 54.4 Å². The molecule has 1 saturated heterocycles. The fourth-order valence-electron chi connectivity index (χ4n) is 4.66. The molecule has 6 nitrogen and oxygen atoms in total. The lowest BCUT2D eigenvalue weighted by Gasteiger charge is -2.37. The van der Waals surface area contributed by atoms with Gasteiger partial charge in [-0.2, -0.15) is 0 Å². The van der Waals surface area contributed by atoms with Gasteiger partial charge in [-0.05, 0) is 49.2 Å². The van der Waals surface area contributed by atoms with E-state index in [4.69, 9.17) is 9.97 Å². The van der Waals surface area contributed by atoms with Crippen LogP contribution in [0.2, 0.25) is 0 Å². The first-order chi connectivity index (χ1) is 19.0. The molecule has 1 N–H and O–H groups in total. The number of piperazine rings is 1. The largest absolute Gasteiger partial charge is 0.366 e. The zero-order valence-corrected chi connectivity index (χ0v) is 23.0. The van der Waals surface area contributed by atoms with Crippen molar-refractivity contribution in [3.8, 4) is 0 Å². The zero-order valence-electron chi connectivity index (χ0n) is 22.2. The average molecular weight is 542 g/mol. The summed E-state index contributed by atoms with van der Waals surface area (Å²) in [6.07, 6.45) is 0. The van der Waals surface area contributed by atoms with Gasteiger partial charge in [0.05, 0.1) is 5.69 Å². The number of amides is 1. The lowest BCUT2D eigenvalue weighted by atomic mass is 10.1.